The first kappa shape index (κ1) is 13.7. The Labute approximate surface area is 122 Å². The van der Waals surface area contributed by atoms with E-state index in [2.05, 4.69) is 33.8 Å². The van der Waals surface area contributed by atoms with Crippen LogP contribution in [0.5, 0.6) is 0 Å². The molecule has 1 saturated heterocycles. The molecule has 0 aliphatic carbocycles. The molecule has 3 rings (SSSR count). The highest BCUT2D eigenvalue weighted by molar-refractivity contribution is 6.65. The third-order valence-corrected chi connectivity index (χ3v) is 4.50. The second-order valence-electron chi connectivity index (χ2n) is 6.38. The maximum Gasteiger partial charge on any atom is 0.495 e. The molecule has 0 aromatic heterocycles. The molecule has 4 heteroatoms. The zero-order valence-corrected chi connectivity index (χ0v) is 12.4. The molecule has 0 unspecified atom stereocenters. The van der Waals surface area contributed by atoms with Gasteiger partial charge in [0.05, 0.1) is 11.2 Å². The minimum atomic E-state index is -0.356. The molecule has 2 aromatic carbocycles. The molecule has 0 saturated carbocycles. The maximum absolute atomic E-state index is 6.14. The van der Waals surface area contributed by atoms with Gasteiger partial charge in [-0.15, -0.1) is 0 Å². The first-order chi connectivity index (χ1) is 9.32. The summed E-state index contributed by atoms with van der Waals surface area (Å²) in [4.78, 5) is 0. The summed E-state index contributed by atoms with van der Waals surface area (Å²) >= 11 is 0. The van der Waals surface area contributed by atoms with Crippen molar-refractivity contribution in [1.82, 2.24) is 0 Å². The van der Waals surface area contributed by atoms with Gasteiger partial charge in [0.25, 0.3) is 0 Å². The van der Waals surface area contributed by atoms with Gasteiger partial charge in [-0.3, -0.25) is 0 Å². The van der Waals surface area contributed by atoms with Crippen molar-refractivity contribution in [1.29, 1.82) is 0 Å². The van der Waals surface area contributed by atoms with Crippen molar-refractivity contribution in [2.45, 2.75) is 38.9 Å². The van der Waals surface area contributed by atoms with Crippen molar-refractivity contribution in [3.8, 4) is 0 Å². The van der Waals surface area contributed by atoms with E-state index in [1.807, 2.05) is 30.3 Å². The first-order valence-electron chi connectivity index (χ1n) is 6.95. The van der Waals surface area contributed by atoms with Gasteiger partial charge in [0, 0.05) is 0 Å². The van der Waals surface area contributed by atoms with Gasteiger partial charge in [-0.05, 0) is 43.9 Å². The topological polar surface area (TPSA) is 18.5 Å². The lowest BCUT2D eigenvalue weighted by atomic mass is 9.73. The summed E-state index contributed by atoms with van der Waals surface area (Å²) in [5, 5.41) is 2.13. The number of benzene rings is 2. The fraction of sp³-hybridized carbons (Fsp3) is 0.375. The molecule has 0 bridgehead atoms. The van der Waals surface area contributed by atoms with Gasteiger partial charge in [-0.25, -0.2) is 0 Å². The molecule has 1 heterocycles. The van der Waals surface area contributed by atoms with E-state index < -0.39 is 0 Å². The van der Waals surface area contributed by atoms with Crippen molar-refractivity contribution >= 4 is 36.7 Å². The number of hydrogen-bond donors (Lipinski definition) is 0. The van der Waals surface area contributed by atoms with Crippen LogP contribution >= 0.6 is 0 Å². The zero-order chi connectivity index (χ0) is 14.5. The molecular formula is C16H18B2O2. The molecule has 0 atom stereocenters. The second kappa shape index (κ2) is 4.37. The Hall–Kier alpha value is -1.25. The third kappa shape index (κ3) is 1.99. The van der Waals surface area contributed by atoms with E-state index in [0.717, 1.165) is 21.7 Å². The van der Waals surface area contributed by atoms with Gasteiger partial charge in [0.1, 0.15) is 7.85 Å². The Kier molecular flexibility index (Phi) is 3.00. The summed E-state index contributed by atoms with van der Waals surface area (Å²) in [6, 6.07) is 12.0. The summed E-state index contributed by atoms with van der Waals surface area (Å²) in [5.41, 5.74) is 1.15. The van der Waals surface area contributed by atoms with Crippen LogP contribution in [0.15, 0.2) is 36.4 Å². The van der Waals surface area contributed by atoms with Crippen LogP contribution < -0.4 is 10.9 Å². The number of fused-ring (bicyclic) bond motifs is 1. The molecule has 0 amide bonds. The molecule has 1 fully saturated rings. The van der Waals surface area contributed by atoms with E-state index in [9.17, 15) is 0 Å². The van der Waals surface area contributed by atoms with Crippen molar-refractivity contribution in [3.05, 3.63) is 36.4 Å². The number of rotatable bonds is 1. The largest absolute Gasteiger partial charge is 0.495 e. The standard InChI is InChI=1S/C16H18B2O2/c1-15(2)16(3,4)20-18(19-15)14-10-9-13(17)11-7-5-6-8-12(11)14/h5-10H,1-4H3. The highest BCUT2D eigenvalue weighted by atomic mass is 16.7. The van der Waals surface area contributed by atoms with Crippen molar-refractivity contribution < 1.29 is 9.31 Å². The average Bonchev–Trinajstić information content (AvgIpc) is 2.59. The zero-order valence-electron chi connectivity index (χ0n) is 12.4. The van der Waals surface area contributed by atoms with Crippen molar-refractivity contribution in [2.24, 2.45) is 0 Å². The maximum atomic E-state index is 6.14. The van der Waals surface area contributed by atoms with Crippen molar-refractivity contribution in [2.75, 3.05) is 0 Å². The predicted molar refractivity (Wildman–Crippen MR) is 85.1 cm³/mol. The Morgan fingerprint density at radius 3 is 2.00 bits per heavy atom. The van der Waals surface area contributed by atoms with Gasteiger partial charge in [0.15, 0.2) is 0 Å². The first-order valence-corrected chi connectivity index (χ1v) is 6.95. The summed E-state index contributed by atoms with van der Waals surface area (Å²) in [6.45, 7) is 8.25. The highest BCUT2D eigenvalue weighted by Crippen LogP contribution is 2.36. The molecule has 20 heavy (non-hydrogen) atoms. The van der Waals surface area contributed by atoms with E-state index in [-0.39, 0.29) is 18.3 Å². The molecule has 1 aliphatic heterocycles. The molecule has 0 N–H and O–H groups in total. The highest BCUT2D eigenvalue weighted by Gasteiger charge is 2.52. The van der Waals surface area contributed by atoms with Gasteiger partial charge >= 0.3 is 7.12 Å². The van der Waals surface area contributed by atoms with E-state index in [1.165, 1.54) is 0 Å². The molecule has 2 aromatic rings. The number of hydrogen-bond acceptors (Lipinski definition) is 2. The Morgan fingerprint density at radius 1 is 0.850 bits per heavy atom. The minimum Gasteiger partial charge on any atom is -0.399 e. The van der Waals surface area contributed by atoms with E-state index in [1.54, 1.807) is 0 Å². The Morgan fingerprint density at radius 2 is 1.40 bits per heavy atom. The monoisotopic (exact) mass is 264 g/mol. The molecule has 100 valence electrons. The quantitative estimate of drug-likeness (QED) is 0.733. The van der Waals surface area contributed by atoms with E-state index >= 15 is 0 Å². The van der Waals surface area contributed by atoms with Crippen LogP contribution in [-0.2, 0) is 9.31 Å². The lowest BCUT2D eigenvalue weighted by Crippen LogP contribution is -2.41. The Bertz CT molecular complexity index is 649. The van der Waals surface area contributed by atoms with Crippen LogP contribution in [0.4, 0.5) is 0 Å². The van der Waals surface area contributed by atoms with E-state index in [4.69, 9.17) is 17.2 Å². The van der Waals surface area contributed by atoms with Gasteiger partial charge in [-0.1, -0.05) is 41.9 Å². The lowest BCUT2D eigenvalue weighted by Gasteiger charge is -2.32. The molecule has 0 spiro atoms. The Balaban J connectivity index is 2.11. The normalized spacial score (nSPS) is 20.5. The summed E-state index contributed by atoms with van der Waals surface area (Å²) in [7, 11) is 5.69. The lowest BCUT2D eigenvalue weighted by molar-refractivity contribution is 0.00578. The van der Waals surface area contributed by atoms with Crippen LogP contribution in [0.2, 0.25) is 0 Å². The molecule has 1 aliphatic rings. The fourth-order valence-electron chi connectivity index (χ4n) is 2.52. The smallest absolute Gasteiger partial charge is 0.399 e. The van der Waals surface area contributed by atoms with Crippen molar-refractivity contribution in [3.63, 3.8) is 0 Å². The molecule has 2 nitrogen and oxygen atoms in total. The summed E-state index contributed by atoms with van der Waals surface area (Å²) in [5.74, 6) is 0. The fourth-order valence-corrected chi connectivity index (χ4v) is 2.52. The predicted octanol–water partition coefficient (Wildman–Crippen LogP) is 1.93. The van der Waals surface area contributed by atoms with Gasteiger partial charge in [-0.2, -0.15) is 0 Å². The van der Waals surface area contributed by atoms with Gasteiger partial charge in [0.2, 0.25) is 0 Å². The summed E-state index contributed by atoms with van der Waals surface area (Å²) < 4.78 is 12.3. The summed E-state index contributed by atoms with van der Waals surface area (Å²) in [6.07, 6.45) is 0. The third-order valence-electron chi connectivity index (χ3n) is 4.50. The van der Waals surface area contributed by atoms with Crippen LogP contribution in [0.3, 0.4) is 0 Å². The second-order valence-corrected chi connectivity index (χ2v) is 6.38. The van der Waals surface area contributed by atoms with E-state index in [0.29, 0.717) is 0 Å². The SMILES string of the molecule is [B]c1ccc(B2OC(C)(C)C(C)(C)O2)c2ccccc12. The van der Waals surface area contributed by atoms with Crippen LogP contribution in [0, 0.1) is 0 Å². The van der Waals surface area contributed by atoms with Crippen LogP contribution in [0.1, 0.15) is 27.7 Å². The molecular weight excluding hydrogens is 246 g/mol. The molecule has 2 radical (unpaired) electrons. The minimum absolute atomic E-state index is 0.333. The van der Waals surface area contributed by atoms with Gasteiger partial charge < -0.3 is 9.31 Å². The van der Waals surface area contributed by atoms with Crippen LogP contribution in [-0.4, -0.2) is 26.2 Å². The van der Waals surface area contributed by atoms with Crippen LogP contribution in [0.25, 0.3) is 10.8 Å². The average molecular weight is 264 g/mol.